The highest BCUT2D eigenvalue weighted by Crippen LogP contribution is 2.14. The third-order valence-electron chi connectivity index (χ3n) is 4.40. The van der Waals surface area contributed by atoms with Gasteiger partial charge in [-0.15, -0.1) is 0 Å². The predicted molar refractivity (Wildman–Crippen MR) is 100 cm³/mol. The molecule has 5 nitrogen and oxygen atoms in total. The van der Waals surface area contributed by atoms with Gasteiger partial charge in [0.25, 0.3) is 0 Å². The first-order valence-electron chi connectivity index (χ1n) is 9.11. The fourth-order valence-corrected chi connectivity index (χ4v) is 2.96. The molecule has 0 spiro atoms. The summed E-state index contributed by atoms with van der Waals surface area (Å²) in [5.41, 5.74) is 2.31. The number of carbonyl (C=O) groups excluding carboxylic acids is 2. The molecule has 0 atom stereocenters. The Morgan fingerprint density at radius 2 is 1.88 bits per heavy atom. The van der Waals surface area contributed by atoms with E-state index in [1.54, 1.807) is 0 Å². The molecule has 1 aliphatic heterocycles. The van der Waals surface area contributed by atoms with Crippen LogP contribution in [0.3, 0.4) is 0 Å². The molecule has 2 rings (SSSR count). The Kier molecular flexibility index (Phi) is 6.45. The van der Waals surface area contributed by atoms with E-state index in [-0.39, 0.29) is 23.4 Å². The van der Waals surface area contributed by atoms with Gasteiger partial charge in [-0.25, -0.2) is 4.79 Å². The van der Waals surface area contributed by atoms with Gasteiger partial charge in [-0.3, -0.25) is 4.79 Å². The van der Waals surface area contributed by atoms with Crippen molar-refractivity contribution < 1.29 is 9.59 Å². The number of hydrogen-bond donors (Lipinski definition) is 2. The number of rotatable bonds is 4. The fourth-order valence-electron chi connectivity index (χ4n) is 2.96. The minimum atomic E-state index is -0.112. The van der Waals surface area contributed by atoms with Gasteiger partial charge >= 0.3 is 6.03 Å². The van der Waals surface area contributed by atoms with E-state index in [0.717, 1.165) is 18.4 Å². The van der Waals surface area contributed by atoms with Gasteiger partial charge in [-0.2, -0.15) is 0 Å². The number of urea groups is 1. The molecule has 1 aromatic rings. The summed E-state index contributed by atoms with van der Waals surface area (Å²) < 4.78 is 0. The second kappa shape index (κ2) is 8.37. The summed E-state index contributed by atoms with van der Waals surface area (Å²) in [5, 5.41) is 5.93. The van der Waals surface area contributed by atoms with E-state index in [1.807, 2.05) is 30.0 Å². The lowest BCUT2D eigenvalue weighted by Crippen LogP contribution is -2.50. The van der Waals surface area contributed by atoms with Crippen LogP contribution in [0, 0.1) is 12.3 Å². The van der Waals surface area contributed by atoms with Crippen LogP contribution in [0.25, 0.3) is 0 Å². The first-order chi connectivity index (χ1) is 11.7. The maximum atomic E-state index is 12.4. The zero-order chi connectivity index (χ0) is 18.4. The van der Waals surface area contributed by atoms with Gasteiger partial charge in [-0.1, -0.05) is 50.6 Å². The SMILES string of the molecule is Cc1cccc(CC(=O)N2CCC(NC(=O)NCC(C)(C)C)CC2)c1. The van der Waals surface area contributed by atoms with Gasteiger partial charge in [0.05, 0.1) is 6.42 Å². The topological polar surface area (TPSA) is 61.4 Å². The normalized spacial score (nSPS) is 15.8. The van der Waals surface area contributed by atoms with Crippen molar-refractivity contribution in [3.63, 3.8) is 0 Å². The third kappa shape index (κ3) is 6.77. The van der Waals surface area contributed by atoms with Crippen LogP contribution in [0.5, 0.6) is 0 Å². The Balaban J connectivity index is 1.73. The molecule has 0 aliphatic carbocycles. The number of hydrogen-bond acceptors (Lipinski definition) is 2. The van der Waals surface area contributed by atoms with E-state index in [9.17, 15) is 9.59 Å². The van der Waals surface area contributed by atoms with Gasteiger partial charge in [0.1, 0.15) is 0 Å². The molecule has 1 saturated heterocycles. The summed E-state index contributed by atoms with van der Waals surface area (Å²) in [5.74, 6) is 0.168. The molecule has 1 aliphatic rings. The van der Waals surface area contributed by atoms with Crippen LogP contribution >= 0.6 is 0 Å². The number of nitrogens with zero attached hydrogens (tertiary/aromatic N) is 1. The number of piperidine rings is 1. The highest BCUT2D eigenvalue weighted by atomic mass is 16.2. The maximum absolute atomic E-state index is 12.4. The van der Waals surface area contributed by atoms with Gasteiger partial charge in [0, 0.05) is 25.7 Å². The molecule has 25 heavy (non-hydrogen) atoms. The van der Waals surface area contributed by atoms with Crippen LogP contribution in [-0.4, -0.2) is 42.5 Å². The number of likely N-dealkylation sites (tertiary alicyclic amines) is 1. The molecule has 0 unspecified atom stereocenters. The average molecular weight is 345 g/mol. The molecule has 138 valence electrons. The van der Waals surface area contributed by atoms with Crippen LogP contribution < -0.4 is 10.6 Å². The number of benzene rings is 1. The van der Waals surface area contributed by atoms with E-state index < -0.39 is 0 Å². The molecule has 0 radical (unpaired) electrons. The second-order valence-electron chi connectivity index (χ2n) is 8.21. The van der Waals surface area contributed by atoms with Gasteiger partial charge in [-0.05, 0) is 30.7 Å². The van der Waals surface area contributed by atoms with Crippen molar-refractivity contribution in [2.75, 3.05) is 19.6 Å². The van der Waals surface area contributed by atoms with Crippen LogP contribution in [0.2, 0.25) is 0 Å². The maximum Gasteiger partial charge on any atom is 0.315 e. The Hall–Kier alpha value is -2.04. The fraction of sp³-hybridized carbons (Fsp3) is 0.600. The Morgan fingerprint density at radius 3 is 2.48 bits per heavy atom. The van der Waals surface area contributed by atoms with Gasteiger partial charge < -0.3 is 15.5 Å². The van der Waals surface area contributed by atoms with Gasteiger partial charge in [0.2, 0.25) is 5.91 Å². The standard InChI is InChI=1S/C20H31N3O2/c1-15-6-5-7-16(12-15)13-18(24)23-10-8-17(9-11-23)22-19(25)21-14-20(2,3)4/h5-7,12,17H,8-11,13-14H2,1-4H3,(H2,21,22,25). The minimum absolute atomic E-state index is 0.0723. The van der Waals surface area contributed by atoms with Crippen molar-refractivity contribution >= 4 is 11.9 Å². The molecule has 0 aromatic heterocycles. The Morgan fingerprint density at radius 1 is 1.20 bits per heavy atom. The average Bonchev–Trinajstić information content (AvgIpc) is 2.53. The summed E-state index contributed by atoms with van der Waals surface area (Å²) in [4.78, 5) is 26.3. The number of nitrogens with one attached hydrogen (secondary N) is 2. The lowest BCUT2D eigenvalue weighted by molar-refractivity contribution is -0.131. The lowest BCUT2D eigenvalue weighted by atomic mass is 9.97. The summed E-state index contributed by atoms with van der Waals surface area (Å²) >= 11 is 0. The summed E-state index contributed by atoms with van der Waals surface area (Å²) in [6, 6.07) is 8.12. The molecule has 1 fully saturated rings. The third-order valence-corrected chi connectivity index (χ3v) is 4.40. The Labute approximate surface area is 151 Å². The Bertz CT molecular complexity index is 599. The van der Waals surface area contributed by atoms with Crippen molar-refractivity contribution in [1.29, 1.82) is 0 Å². The first kappa shape index (κ1) is 19.3. The minimum Gasteiger partial charge on any atom is -0.342 e. The molecule has 2 N–H and O–H groups in total. The summed E-state index contributed by atoms with van der Waals surface area (Å²) in [6.45, 7) is 10.4. The van der Waals surface area contributed by atoms with Crippen molar-refractivity contribution in [2.45, 2.75) is 53.0 Å². The van der Waals surface area contributed by atoms with E-state index in [1.165, 1.54) is 5.56 Å². The zero-order valence-electron chi connectivity index (χ0n) is 15.9. The van der Waals surface area contributed by atoms with Crippen LogP contribution in [0.15, 0.2) is 24.3 Å². The molecular formula is C20H31N3O2. The molecular weight excluding hydrogens is 314 g/mol. The number of carbonyl (C=O) groups is 2. The number of aryl methyl sites for hydroxylation is 1. The highest BCUT2D eigenvalue weighted by molar-refractivity contribution is 5.79. The smallest absolute Gasteiger partial charge is 0.315 e. The molecule has 1 aromatic carbocycles. The van der Waals surface area contributed by atoms with Gasteiger partial charge in [0.15, 0.2) is 0 Å². The van der Waals surface area contributed by atoms with E-state index in [0.29, 0.717) is 26.1 Å². The first-order valence-corrected chi connectivity index (χ1v) is 9.11. The predicted octanol–water partition coefficient (Wildman–Crippen LogP) is 2.87. The van der Waals surface area contributed by atoms with Crippen LogP contribution in [0.4, 0.5) is 4.79 Å². The summed E-state index contributed by atoms with van der Waals surface area (Å²) in [7, 11) is 0. The largest absolute Gasteiger partial charge is 0.342 e. The monoisotopic (exact) mass is 345 g/mol. The van der Waals surface area contributed by atoms with Crippen molar-refractivity contribution in [1.82, 2.24) is 15.5 Å². The molecule has 0 saturated carbocycles. The van der Waals surface area contributed by atoms with Crippen molar-refractivity contribution in [3.8, 4) is 0 Å². The van der Waals surface area contributed by atoms with Crippen LogP contribution in [0.1, 0.15) is 44.7 Å². The van der Waals surface area contributed by atoms with E-state index in [4.69, 9.17) is 0 Å². The van der Waals surface area contributed by atoms with Crippen molar-refractivity contribution in [3.05, 3.63) is 35.4 Å². The molecule has 1 heterocycles. The quantitative estimate of drug-likeness (QED) is 0.881. The summed E-state index contributed by atoms with van der Waals surface area (Å²) in [6.07, 6.45) is 2.07. The van der Waals surface area contributed by atoms with Crippen molar-refractivity contribution in [2.24, 2.45) is 5.41 Å². The highest BCUT2D eigenvalue weighted by Gasteiger charge is 2.24. The molecule has 5 heteroatoms. The van der Waals surface area contributed by atoms with E-state index >= 15 is 0 Å². The van der Waals surface area contributed by atoms with Crippen LogP contribution in [-0.2, 0) is 11.2 Å². The van der Waals surface area contributed by atoms with E-state index in [2.05, 4.69) is 37.5 Å². The number of amides is 3. The zero-order valence-corrected chi connectivity index (χ0v) is 15.9. The molecule has 0 bridgehead atoms. The molecule has 3 amide bonds. The lowest BCUT2D eigenvalue weighted by Gasteiger charge is -2.32. The second-order valence-corrected chi connectivity index (χ2v) is 8.21.